The van der Waals surface area contributed by atoms with Crippen molar-refractivity contribution in [2.75, 3.05) is 30.1 Å². The third-order valence-corrected chi connectivity index (χ3v) is 3.91. The molecule has 1 heterocycles. The van der Waals surface area contributed by atoms with Gasteiger partial charge in [0.2, 0.25) is 0 Å². The van der Waals surface area contributed by atoms with E-state index in [0.717, 1.165) is 11.4 Å². The van der Waals surface area contributed by atoms with E-state index in [1.165, 1.54) is 6.33 Å². The molecule has 3 rings (SSSR count). The molecule has 0 spiro atoms. The van der Waals surface area contributed by atoms with Crippen molar-refractivity contribution < 1.29 is 14.3 Å². The number of nitrogen functional groups attached to an aromatic ring is 1. The van der Waals surface area contributed by atoms with Crippen molar-refractivity contribution in [2.24, 2.45) is 0 Å². The Bertz CT molecular complexity index is 960. The van der Waals surface area contributed by atoms with Gasteiger partial charge in [0, 0.05) is 5.69 Å². The van der Waals surface area contributed by atoms with Crippen LogP contribution >= 0.6 is 0 Å². The molecule has 8 nitrogen and oxygen atoms in total. The highest BCUT2D eigenvalue weighted by molar-refractivity contribution is 5.97. The molecule has 0 unspecified atom stereocenters. The van der Waals surface area contributed by atoms with Crippen LogP contribution in [0.3, 0.4) is 0 Å². The minimum atomic E-state index is -0.421. The van der Waals surface area contributed by atoms with E-state index in [1.807, 2.05) is 24.3 Å². The first kappa shape index (κ1) is 19.0. The molecule has 0 aliphatic carbocycles. The molecule has 0 aliphatic heterocycles. The number of nitrogens with two attached hydrogens (primary N) is 1. The maximum atomic E-state index is 12.2. The van der Waals surface area contributed by atoms with Gasteiger partial charge < -0.3 is 25.8 Å². The predicted octanol–water partition coefficient (Wildman–Crippen LogP) is 3.73. The van der Waals surface area contributed by atoms with E-state index in [2.05, 4.69) is 20.6 Å². The third kappa shape index (κ3) is 4.29. The summed E-state index contributed by atoms with van der Waals surface area (Å²) in [6.07, 6.45) is 1.39. The Balaban J connectivity index is 1.84. The molecule has 0 atom stereocenters. The van der Waals surface area contributed by atoms with Crippen molar-refractivity contribution in [3.8, 4) is 5.75 Å². The first-order chi connectivity index (χ1) is 13.6. The van der Waals surface area contributed by atoms with Crippen LogP contribution in [0.4, 0.5) is 28.7 Å². The molecule has 0 saturated heterocycles. The number of carbonyl (C=O) groups excluding carboxylic acids is 1. The van der Waals surface area contributed by atoms with E-state index >= 15 is 0 Å². The van der Waals surface area contributed by atoms with E-state index in [0.29, 0.717) is 35.2 Å². The third-order valence-electron chi connectivity index (χ3n) is 3.91. The summed E-state index contributed by atoms with van der Waals surface area (Å²) in [5.74, 6) is 1.15. The predicted molar refractivity (Wildman–Crippen MR) is 108 cm³/mol. The molecule has 144 valence electrons. The Morgan fingerprint density at radius 3 is 2.39 bits per heavy atom. The molecule has 4 N–H and O–H groups in total. The lowest BCUT2D eigenvalue weighted by molar-refractivity contribution is 0.0527. The average molecular weight is 379 g/mol. The molecule has 0 saturated carbocycles. The molecular formula is C20H21N5O3. The van der Waals surface area contributed by atoms with Gasteiger partial charge in [-0.1, -0.05) is 12.1 Å². The number of nitrogens with one attached hydrogen (secondary N) is 2. The van der Waals surface area contributed by atoms with Crippen LogP contribution in [0.2, 0.25) is 0 Å². The minimum Gasteiger partial charge on any atom is -0.497 e. The molecule has 0 radical (unpaired) electrons. The monoisotopic (exact) mass is 379 g/mol. The Hall–Kier alpha value is -3.81. The molecule has 3 aromatic rings. The summed E-state index contributed by atoms with van der Waals surface area (Å²) in [6.45, 7) is 2.05. The Morgan fingerprint density at radius 2 is 1.71 bits per heavy atom. The number of ether oxygens (including phenoxy) is 2. The normalized spacial score (nSPS) is 10.2. The van der Waals surface area contributed by atoms with Gasteiger partial charge >= 0.3 is 5.97 Å². The van der Waals surface area contributed by atoms with Gasteiger partial charge in [-0.2, -0.15) is 0 Å². The van der Waals surface area contributed by atoms with Gasteiger partial charge in [0.25, 0.3) is 0 Å². The molecular weight excluding hydrogens is 358 g/mol. The van der Waals surface area contributed by atoms with Crippen molar-refractivity contribution in [1.29, 1.82) is 0 Å². The maximum absolute atomic E-state index is 12.2. The highest BCUT2D eigenvalue weighted by atomic mass is 16.5. The van der Waals surface area contributed by atoms with Gasteiger partial charge in [0.1, 0.15) is 17.8 Å². The van der Waals surface area contributed by atoms with E-state index in [-0.39, 0.29) is 0 Å². The summed E-state index contributed by atoms with van der Waals surface area (Å²) < 4.78 is 10.2. The van der Waals surface area contributed by atoms with E-state index in [9.17, 15) is 4.79 Å². The summed E-state index contributed by atoms with van der Waals surface area (Å²) in [4.78, 5) is 20.5. The molecule has 2 aromatic carbocycles. The van der Waals surface area contributed by atoms with Crippen LogP contribution < -0.4 is 21.1 Å². The number of benzene rings is 2. The fourth-order valence-corrected chi connectivity index (χ4v) is 2.51. The van der Waals surface area contributed by atoms with Crippen LogP contribution in [0.25, 0.3) is 0 Å². The van der Waals surface area contributed by atoms with Crippen molar-refractivity contribution >= 4 is 34.7 Å². The summed E-state index contributed by atoms with van der Waals surface area (Å²) in [7, 11) is 1.61. The van der Waals surface area contributed by atoms with Gasteiger partial charge in [-0.25, -0.2) is 14.8 Å². The summed E-state index contributed by atoms with van der Waals surface area (Å²) in [5.41, 5.74) is 8.28. The number of rotatable bonds is 7. The summed E-state index contributed by atoms with van der Waals surface area (Å²) >= 11 is 0. The van der Waals surface area contributed by atoms with Crippen LogP contribution in [-0.4, -0.2) is 29.7 Å². The number of methoxy groups -OCH3 is 1. The van der Waals surface area contributed by atoms with Crippen LogP contribution in [0.5, 0.6) is 5.75 Å². The highest BCUT2D eigenvalue weighted by Gasteiger charge is 2.15. The second-order valence-corrected chi connectivity index (χ2v) is 5.73. The van der Waals surface area contributed by atoms with Gasteiger partial charge in [0.15, 0.2) is 11.6 Å². The molecule has 0 amide bonds. The quantitative estimate of drug-likeness (QED) is 0.533. The molecule has 8 heteroatoms. The zero-order valence-electron chi connectivity index (χ0n) is 15.6. The Kier molecular flexibility index (Phi) is 5.91. The smallest absolute Gasteiger partial charge is 0.340 e. The molecule has 1 aromatic heterocycles. The molecule has 0 aliphatic rings. The fourth-order valence-electron chi connectivity index (χ4n) is 2.51. The maximum Gasteiger partial charge on any atom is 0.340 e. The largest absolute Gasteiger partial charge is 0.497 e. The SMILES string of the molecule is CCOC(=O)c1ccccc1Nc1ncnc(Nc2ccc(OC)cc2)c1N. The topological polar surface area (TPSA) is 111 Å². The number of esters is 1. The van der Waals surface area contributed by atoms with Gasteiger partial charge in [-0.15, -0.1) is 0 Å². The first-order valence-corrected chi connectivity index (χ1v) is 8.67. The van der Waals surface area contributed by atoms with Crippen LogP contribution in [-0.2, 0) is 4.74 Å². The summed E-state index contributed by atoms with van der Waals surface area (Å²) in [6, 6.07) is 14.4. The van der Waals surface area contributed by atoms with E-state index in [1.54, 1.807) is 38.3 Å². The van der Waals surface area contributed by atoms with Gasteiger partial charge in [-0.3, -0.25) is 0 Å². The molecule has 28 heavy (non-hydrogen) atoms. The minimum absolute atomic E-state index is 0.290. The fraction of sp³-hybridized carbons (Fsp3) is 0.150. The summed E-state index contributed by atoms with van der Waals surface area (Å²) in [5, 5.41) is 6.23. The number of nitrogens with zero attached hydrogens (tertiary/aromatic N) is 2. The zero-order chi connectivity index (χ0) is 19.9. The Labute approximate surface area is 162 Å². The van der Waals surface area contributed by atoms with Gasteiger partial charge in [-0.05, 0) is 43.3 Å². The second kappa shape index (κ2) is 8.72. The molecule has 0 fully saturated rings. The van der Waals surface area contributed by atoms with E-state index < -0.39 is 5.97 Å². The van der Waals surface area contributed by atoms with Crippen molar-refractivity contribution in [3.05, 3.63) is 60.4 Å². The van der Waals surface area contributed by atoms with Crippen LogP contribution in [0.15, 0.2) is 54.9 Å². The first-order valence-electron chi connectivity index (χ1n) is 8.67. The lowest BCUT2D eigenvalue weighted by Gasteiger charge is -2.14. The molecule has 0 bridgehead atoms. The number of hydrogen-bond acceptors (Lipinski definition) is 8. The van der Waals surface area contributed by atoms with Crippen LogP contribution in [0, 0.1) is 0 Å². The van der Waals surface area contributed by atoms with Crippen molar-refractivity contribution in [3.63, 3.8) is 0 Å². The number of para-hydroxylation sites is 1. The van der Waals surface area contributed by atoms with Crippen molar-refractivity contribution in [2.45, 2.75) is 6.92 Å². The number of carbonyl (C=O) groups is 1. The average Bonchev–Trinajstić information content (AvgIpc) is 2.72. The lowest BCUT2D eigenvalue weighted by Crippen LogP contribution is -2.10. The Morgan fingerprint density at radius 1 is 1.04 bits per heavy atom. The van der Waals surface area contributed by atoms with Crippen LogP contribution in [0.1, 0.15) is 17.3 Å². The highest BCUT2D eigenvalue weighted by Crippen LogP contribution is 2.30. The van der Waals surface area contributed by atoms with E-state index in [4.69, 9.17) is 15.2 Å². The second-order valence-electron chi connectivity index (χ2n) is 5.73. The zero-order valence-corrected chi connectivity index (χ0v) is 15.6. The number of aromatic nitrogens is 2. The standard InChI is InChI=1S/C20H21N5O3/c1-3-28-20(26)15-6-4-5-7-16(15)25-19-17(21)18(22-12-23-19)24-13-8-10-14(27-2)11-9-13/h4-12H,3,21H2,1-2H3,(H2,22,23,24,25). The number of hydrogen-bond donors (Lipinski definition) is 3. The van der Waals surface area contributed by atoms with Gasteiger partial charge in [0.05, 0.1) is 25.0 Å². The van der Waals surface area contributed by atoms with Crippen molar-refractivity contribution in [1.82, 2.24) is 9.97 Å². The lowest BCUT2D eigenvalue weighted by atomic mass is 10.2. The number of anilines is 5.